The fraction of sp³-hybridized carbons (Fsp3) is 0.200. The van der Waals surface area contributed by atoms with Crippen LogP contribution in [-0.4, -0.2) is 0 Å². The Labute approximate surface area is 180 Å². The highest BCUT2D eigenvalue weighted by Crippen LogP contribution is 2.42. The van der Waals surface area contributed by atoms with E-state index in [-0.39, 0.29) is 0 Å². The Morgan fingerprint density at radius 3 is 1.77 bits per heavy atom. The first kappa shape index (κ1) is 18.9. The highest BCUT2D eigenvalue weighted by atomic mass is 14.3. The van der Waals surface area contributed by atoms with E-state index in [9.17, 15) is 0 Å². The second kappa shape index (κ2) is 7.95. The van der Waals surface area contributed by atoms with E-state index in [0.29, 0.717) is 0 Å². The summed E-state index contributed by atoms with van der Waals surface area (Å²) in [7, 11) is 0. The summed E-state index contributed by atoms with van der Waals surface area (Å²) in [6.07, 6.45) is 4.03. The van der Waals surface area contributed by atoms with Crippen molar-refractivity contribution in [3.8, 4) is 33.4 Å². The van der Waals surface area contributed by atoms with Gasteiger partial charge in [-0.25, -0.2) is 0 Å². The van der Waals surface area contributed by atoms with Gasteiger partial charge in [0.05, 0.1) is 0 Å². The van der Waals surface area contributed by atoms with E-state index in [2.05, 4.69) is 105 Å². The third kappa shape index (κ3) is 3.59. The zero-order valence-corrected chi connectivity index (χ0v) is 17.9. The molecule has 0 radical (unpaired) electrons. The quantitative estimate of drug-likeness (QED) is 0.328. The average molecular weight is 389 g/mol. The standard InChI is InChI=1S/C30H28/c1-21-10-13-23(14-11-21)24-16-18-25(19-17-24)27-15-12-22(2)30(20-27)29-9-4-3-8-28(29)26-6-5-7-26/h3-4,8-20,26H,5-7H2,1-2H3. The molecule has 1 aliphatic carbocycles. The smallest absolute Gasteiger partial charge is 0.0146 e. The summed E-state index contributed by atoms with van der Waals surface area (Å²) in [4.78, 5) is 0. The summed E-state index contributed by atoms with van der Waals surface area (Å²) in [5.74, 6) is 0.734. The number of rotatable bonds is 4. The van der Waals surface area contributed by atoms with Crippen molar-refractivity contribution in [1.29, 1.82) is 0 Å². The molecule has 0 aliphatic heterocycles. The zero-order chi connectivity index (χ0) is 20.5. The van der Waals surface area contributed by atoms with Crippen LogP contribution in [0.15, 0.2) is 91.0 Å². The molecule has 4 aromatic carbocycles. The van der Waals surface area contributed by atoms with Crippen LogP contribution < -0.4 is 0 Å². The molecule has 0 atom stereocenters. The molecule has 0 N–H and O–H groups in total. The van der Waals surface area contributed by atoms with Crippen molar-refractivity contribution in [2.24, 2.45) is 0 Å². The predicted molar refractivity (Wildman–Crippen MR) is 129 cm³/mol. The SMILES string of the molecule is Cc1ccc(-c2ccc(-c3ccc(C)c(-c4ccccc4C4CCC4)c3)cc2)cc1. The van der Waals surface area contributed by atoms with E-state index < -0.39 is 0 Å². The summed E-state index contributed by atoms with van der Waals surface area (Å²) < 4.78 is 0. The molecule has 0 spiro atoms. The van der Waals surface area contributed by atoms with E-state index in [1.165, 1.54) is 69.3 Å². The minimum atomic E-state index is 0.734. The average Bonchev–Trinajstić information content (AvgIpc) is 2.74. The minimum Gasteiger partial charge on any atom is -0.0619 e. The van der Waals surface area contributed by atoms with Gasteiger partial charge in [0.25, 0.3) is 0 Å². The van der Waals surface area contributed by atoms with Crippen LogP contribution in [0.1, 0.15) is 41.9 Å². The Hall–Kier alpha value is -3.12. The minimum absolute atomic E-state index is 0.734. The molecule has 1 saturated carbocycles. The van der Waals surface area contributed by atoms with Gasteiger partial charge in [-0.1, -0.05) is 96.9 Å². The monoisotopic (exact) mass is 388 g/mol. The van der Waals surface area contributed by atoms with E-state index >= 15 is 0 Å². The molecule has 0 unspecified atom stereocenters. The van der Waals surface area contributed by atoms with Crippen molar-refractivity contribution in [3.05, 3.63) is 108 Å². The third-order valence-electron chi connectivity index (χ3n) is 6.64. The first-order valence-corrected chi connectivity index (χ1v) is 11.1. The fourth-order valence-electron chi connectivity index (χ4n) is 4.51. The topological polar surface area (TPSA) is 0 Å². The van der Waals surface area contributed by atoms with Gasteiger partial charge in [0.2, 0.25) is 0 Å². The lowest BCUT2D eigenvalue weighted by atomic mass is 9.76. The van der Waals surface area contributed by atoms with Crippen LogP contribution in [0.4, 0.5) is 0 Å². The van der Waals surface area contributed by atoms with E-state index in [1.54, 1.807) is 0 Å². The summed E-state index contributed by atoms with van der Waals surface area (Å²) in [6, 6.07) is 33.7. The molecule has 148 valence electrons. The van der Waals surface area contributed by atoms with Gasteiger partial charge in [-0.15, -0.1) is 0 Å². The second-order valence-corrected chi connectivity index (χ2v) is 8.69. The number of hydrogen-bond donors (Lipinski definition) is 0. The van der Waals surface area contributed by atoms with Crippen LogP contribution in [0.25, 0.3) is 33.4 Å². The van der Waals surface area contributed by atoms with Gasteiger partial charge >= 0.3 is 0 Å². The Morgan fingerprint density at radius 2 is 1.13 bits per heavy atom. The summed E-state index contributed by atoms with van der Waals surface area (Å²) in [6.45, 7) is 4.36. The largest absolute Gasteiger partial charge is 0.0619 e. The first-order chi connectivity index (χ1) is 14.7. The van der Waals surface area contributed by atoms with Crippen LogP contribution >= 0.6 is 0 Å². The molecule has 4 aromatic rings. The van der Waals surface area contributed by atoms with Crippen LogP contribution in [0.3, 0.4) is 0 Å². The third-order valence-corrected chi connectivity index (χ3v) is 6.64. The maximum absolute atomic E-state index is 2.38. The maximum atomic E-state index is 2.38. The number of aryl methyl sites for hydroxylation is 2. The van der Waals surface area contributed by atoms with Crippen molar-refractivity contribution in [3.63, 3.8) is 0 Å². The lowest BCUT2D eigenvalue weighted by Gasteiger charge is -2.28. The molecule has 0 aromatic heterocycles. The van der Waals surface area contributed by atoms with Crippen LogP contribution in [0.2, 0.25) is 0 Å². The van der Waals surface area contributed by atoms with E-state index in [4.69, 9.17) is 0 Å². The number of benzene rings is 4. The fourth-order valence-corrected chi connectivity index (χ4v) is 4.51. The Morgan fingerprint density at radius 1 is 0.567 bits per heavy atom. The predicted octanol–water partition coefficient (Wildman–Crippen LogP) is 8.57. The molecule has 5 rings (SSSR count). The van der Waals surface area contributed by atoms with Gasteiger partial charge in [-0.05, 0) is 83.2 Å². The van der Waals surface area contributed by atoms with E-state index in [0.717, 1.165) is 5.92 Å². The van der Waals surface area contributed by atoms with Crippen molar-refractivity contribution >= 4 is 0 Å². The normalized spacial score (nSPS) is 13.8. The molecular formula is C30H28. The van der Waals surface area contributed by atoms with Gasteiger partial charge < -0.3 is 0 Å². The Balaban J connectivity index is 1.50. The van der Waals surface area contributed by atoms with Gasteiger partial charge in [0.15, 0.2) is 0 Å². The van der Waals surface area contributed by atoms with Gasteiger partial charge in [0, 0.05) is 0 Å². The first-order valence-electron chi connectivity index (χ1n) is 11.1. The van der Waals surface area contributed by atoms with Gasteiger partial charge in [-0.2, -0.15) is 0 Å². The molecule has 0 heteroatoms. The zero-order valence-electron chi connectivity index (χ0n) is 17.9. The molecule has 30 heavy (non-hydrogen) atoms. The second-order valence-electron chi connectivity index (χ2n) is 8.69. The van der Waals surface area contributed by atoms with Crippen molar-refractivity contribution in [2.75, 3.05) is 0 Å². The van der Waals surface area contributed by atoms with Crippen molar-refractivity contribution < 1.29 is 0 Å². The summed E-state index contributed by atoms with van der Waals surface area (Å²) in [5.41, 5.74) is 12.1. The van der Waals surface area contributed by atoms with Crippen LogP contribution in [0, 0.1) is 13.8 Å². The Bertz CT molecular complexity index is 1160. The Kier molecular flexibility index (Phi) is 5.01. The summed E-state index contributed by atoms with van der Waals surface area (Å²) in [5, 5.41) is 0. The molecule has 0 amide bonds. The lowest BCUT2D eigenvalue weighted by molar-refractivity contribution is 0.420. The van der Waals surface area contributed by atoms with Gasteiger partial charge in [-0.3, -0.25) is 0 Å². The molecule has 0 heterocycles. The van der Waals surface area contributed by atoms with Crippen molar-refractivity contribution in [1.82, 2.24) is 0 Å². The molecule has 0 nitrogen and oxygen atoms in total. The highest BCUT2D eigenvalue weighted by molar-refractivity contribution is 5.78. The highest BCUT2D eigenvalue weighted by Gasteiger charge is 2.22. The molecule has 1 aliphatic rings. The molecule has 0 saturated heterocycles. The van der Waals surface area contributed by atoms with Crippen LogP contribution in [0.5, 0.6) is 0 Å². The molecular weight excluding hydrogens is 360 g/mol. The van der Waals surface area contributed by atoms with Crippen LogP contribution in [-0.2, 0) is 0 Å². The van der Waals surface area contributed by atoms with Gasteiger partial charge in [0.1, 0.15) is 0 Å². The molecule has 0 bridgehead atoms. The lowest BCUT2D eigenvalue weighted by Crippen LogP contribution is -2.10. The molecule has 1 fully saturated rings. The number of hydrogen-bond acceptors (Lipinski definition) is 0. The van der Waals surface area contributed by atoms with E-state index in [1.807, 2.05) is 0 Å². The van der Waals surface area contributed by atoms with Crippen molar-refractivity contribution in [2.45, 2.75) is 39.0 Å². The summed E-state index contributed by atoms with van der Waals surface area (Å²) >= 11 is 0. The maximum Gasteiger partial charge on any atom is -0.0146 e.